The minimum Gasteiger partial charge on any atom is -0.333 e. The maximum absolute atomic E-state index is 5.34. The van der Waals surface area contributed by atoms with Crippen molar-refractivity contribution in [3.8, 4) is 22.8 Å². The molecule has 3 rings (SSSR count). The van der Waals surface area contributed by atoms with Crippen molar-refractivity contribution >= 4 is 0 Å². The van der Waals surface area contributed by atoms with Gasteiger partial charge in [0.25, 0.3) is 5.89 Å². The molecule has 0 N–H and O–H groups in total. The monoisotopic (exact) mass is 269 g/mol. The van der Waals surface area contributed by atoms with Crippen LogP contribution in [0.5, 0.6) is 0 Å². The smallest absolute Gasteiger partial charge is 0.261 e. The second kappa shape index (κ2) is 5.24. The van der Waals surface area contributed by atoms with E-state index in [4.69, 9.17) is 4.52 Å². The molecule has 0 spiro atoms. The topological polar surface area (TPSA) is 69.6 Å². The van der Waals surface area contributed by atoms with Crippen molar-refractivity contribution < 1.29 is 4.52 Å². The summed E-state index contributed by atoms with van der Waals surface area (Å²) in [4.78, 5) is 8.40. The summed E-state index contributed by atoms with van der Waals surface area (Å²) in [7, 11) is 0. The van der Waals surface area contributed by atoms with Gasteiger partial charge in [0.1, 0.15) is 0 Å². The number of aromatic nitrogens is 5. The van der Waals surface area contributed by atoms with E-state index < -0.39 is 0 Å². The zero-order valence-corrected chi connectivity index (χ0v) is 11.4. The van der Waals surface area contributed by atoms with Crippen LogP contribution in [0.4, 0.5) is 0 Å². The van der Waals surface area contributed by atoms with Crippen LogP contribution in [0.2, 0.25) is 0 Å². The fraction of sp³-hybridized carbons (Fsp3) is 0.286. The molecule has 0 amide bonds. The Bertz CT molecular complexity index is 701. The molecule has 3 heterocycles. The van der Waals surface area contributed by atoms with E-state index in [1.807, 2.05) is 23.7 Å². The first-order chi connectivity index (χ1) is 9.79. The molecule has 0 bridgehead atoms. The van der Waals surface area contributed by atoms with Crippen molar-refractivity contribution in [2.75, 3.05) is 0 Å². The summed E-state index contributed by atoms with van der Waals surface area (Å²) in [6, 6.07) is 3.70. The maximum Gasteiger partial charge on any atom is 0.261 e. The van der Waals surface area contributed by atoms with Gasteiger partial charge in [-0.2, -0.15) is 10.1 Å². The molecule has 0 aromatic carbocycles. The summed E-state index contributed by atoms with van der Waals surface area (Å²) >= 11 is 0. The van der Waals surface area contributed by atoms with E-state index in [0.29, 0.717) is 11.7 Å². The lowest BCUT2D eigenvalue weighted by atomic mass is 10.2. The molecule has 102 valence electrons. The van der Waals surface area contributed by atoms with Crippen LogP contribution in [0.15, 0.2) is 35.2 Å². The Hall–Kier alpha value is -2.50. The lowest BCUT2D eigenvalue weighted by molar-refractivity contribution is 0.432. The van der Waals surface area contributed by atoms with Crippen molar-refractivity contribution in [3.63, 3.8) is 0 Å². The minimum absolute atomic E-state index is 0.497. The average molecular weight is 269 g/mol. The maximum atomic E-state index is 5.34. The molecule has 0 fully saturated rings. The predicted molar refractivity (Wildman–Crippen MR) is 73.8 cm³/mol. The van der Waals surface area contributed by atoms with E-state index in [1.165, 1.54) is 0 Å². The van der Waals surface area contributed by atoms with Gasteiger partial charge in [-0.3, -0.25) is 9.67 Å². The summed E-state index contributed by atoms with van der Waals surface area (Å²) in [5, 5.41) is 8.35. The second-order valence-electron chi connectivity index (χ2n) is 4.53. The summed E-state index contributed by atoms with van der Waals surface area (Å²) in [5.41, 5.74) is 2.80. The number of hydrogen-bond donors (Lipinski definition) is 0. The SMILES string of the molecule is CCCn1ncc(-c2nc(-c3ccncc3)no2)c1C. The molecule has 6 heteroatoms. The van der Waals surface area contributed by atoms with Crippen LogP contribution in [0.25, 0.3) is 22.8 Å². The lowest BCUT2D eigenvalue weighted by Crippen LogP contribution is -2.00. The molecule has 0 atom stereocenters. The van der Waals surface area contributed by atoms with Gasteiger partial charge in [0, 0.05) is 30.2 Å². The molecule has 20 heavy (non-hydrogen) atoms. The molecule has 3 aromatic heterocycles. The van der Waals surface area contributed by atoms with Gasteiger partial charge in [-0.25, -0.2) is 0 Å². The highest BCUT2D eigenvalue weighted by molar-refractivity contribution is 5.60. The number of aryl methyl sites for hydroxylation is 1. The van der Waals surface area contributed by atoms with E-state index in [1.54, 1.807) is 18.6 Å². The minimum atomic E-state index is 0.497. The number of hydrogen-bond acceptors (Lipinski definition) is 5. The Morgan fingerprint density at radius 2 is 2.05 bits per heavy atom. The Kier molecular flexibility index (Phi) is 3.28. The van der Waals surface area contributed by atoms with Crippen molar-refractivity contribution in [1.82, 2.24) is 24.9 Å². The van der Waals surface area contributed by atoms with Crippen LogP contribution < -0.4 is 0 Å². The van der Waals surface area contributed by atoms with Gasteiger partial charge in [-0.05, 0) is 25.5 Å². The van der Waals surface area contributed by atoms with Gasteiger partial charge in [0.15, 0.2) is 0 Å². The zero-order chi connectivity index (χ0) is 13.9. The van der Waals surface area contributed by atoms with Crippen LogP contribution in [-0.2, 0) is 6.54 Å². The Labute approximate surface area is 116 Å². The van der Waals surface area contributed by atoms with Crippen molar-refractivity contribution in [2.45, 2.75) is 26.8 Å². The third-order valence-electron chi connectivity index (χ3n) is 3.13. The standard InChI is InChI=1S/C14H15N5O/c1-3-8-19-10(2)12(9-16-19)14-17-13(18-20-14)11-4-6-15-7-5-11/h4-7,9H,3,8H2,1-2H3. The van der Waals surface area contributed by atoms with Crippen LogP contribution >= 0.6 is 0 Å². The van der Waals surface area contributed by atoms with E-state index in [9.17, 15) is 0 Å². The molecule has 6 nitrogen and oxygen atoms in total. The van der Waals surface area contributed by atoms with Crippen LogP contribution in [0, 0.1) is 6.92 Å². The van der Waals surface area contributed by atoms with E-state index in [-0.39, 0.29) is 0 Å². The van der Waals surface area contributed by atoms with Gasteiger partial charge in [-0.15, -0.1) is 0 Å². The highest BCUT2D eigenvalue weighted by atomic mass is 16.5. The second-order valence-corrected chi connectivity index (χ2v) is 4.53. The van der Waals surface area contributed by atoms with Gasteiger partial charge < -0.3 is 4.52 Å². The van der Waals surface area contributed by atoms with Crippen LogP contribution in [-0.4, -0.2) is 24.9 Å². The van der Waals surface area contributed by atoms with E-state index in [0.717, 1.165) is 29.8 Å². The summed E-state index contributed by atoms with van der Waals surface area (Å²) in [5.74, 6) is 1.06. The third-order valence-corrected chi connectivity index (χ3v) is 3.13. The van der Waals surface area contributed by atoms with Crippen LogP contribution in [0.1, 0.15) is 19.0 Å². The Morgan fingerprint density at radius 1 is 1.25 bits per heavy atom. The van der Waals surface area contributed by atoms with Gasteiger partial charge >= 0.3 is 0 Å². The number of pyridine rings is 1. The normalized spacial score (nSPS) is 10.9. The average Bonchev–Trinajstić information content (AvgIpc) is 3.08. The molecule has 0 saturated carbocycles. The van der Waals surface area contributed by atoms with Crippen molar-refractivity contribution in [2.24, 2.45) is 0 Å². The van der Waals surface area contributed by atoms with Gasteiger partial charge in [0.05, 0.1) is 11.8 Å². The first-order valence-corrected chi connectivity index (χ1v) is 6.56. The molecular weight excluding hydrogens is 254 g/mol. The number of rotatable bonds is 4. The molecule has 0 aliphatic heterocycles. The van der Waals surface area contributed by atoms with Gasteiger partial charge in [-0.1, -0.05) is 12.1 Å². The molecule has 0 unspecified atom stereocenters. The number of nitrogens with zero attached hydrogens (tertiary/aromatic N) is 5. The fourth-order valence-corrected chi connectivity index (χ4v) is 2.04. The van der Waals surface area contributed by atoms with Crippen LogP contribution in [0.3, 0.4) is 0 Å². The third kappa shape index (κ3) is 2.20. The molecule has 3 aromatic rings. The highest BCUT2D eigenvalue weighted by Gasteiger charge is 2.15. The van der Waals surface area contributed by atoms with Crippen molar-refractivity contribution in [3.05, 3.63) is 36.4 Å². The van der Waals surface area contributed by atoms with E-state index in [2.05, 4.69) is 27.1 Å². The Balaban J connectivity index is 1.94. The summed E-state index contributed by atoms with van der Waals surface area (Å²) in [6.45, 7) is 5.01. The lowest BCUT2D eigenvalue weighted by Gasteiger charge is -2.00. The largest absolute Gasteiger partial charge is 0.333 e. The quantitative estimate of drug-likeness (QED) is 0.728. The fourth-order valence-electron chi connectivity index (χ4n) is 2.04. The molecule has 0 aliphatic rings. The zero-order valence-electron chi connectivity index (χ0n) is 11.4. The van der Waals surface area contributed by atoms with Gasteiger partial charge in [0.2, 0.25) is 5.82 Å². The van der Waals surface area contributed by atoms with E-state index >= 15 is 0 Å². The first kappa shape index (κ1) is 12.5. The molecular formula is C14H15N5O. The Morgan fingerprint density at radius 3 is 2.80 bits per heavy atom. The van der Waals surface area contributed by atoms with Crippen molar-refractivity contribution in [1.29, 1.82) is 0 Å². The first-order valence-electron chi connectivity index (χ1n) is 6.56. The molecule has 0 radical (unpaired) electrons. The summed E-state index contributed by atoms with van der Waals surface area (Å²) in [6.07, 6.45) is 6.22. The highest BCUT2D eigenvalue weighted by Crippen LogP contribution is 2.24. The predicted octanol–water partition coefficient (Wildman–Crippen LogP) is 2.71. The summed E-state index contributed by atoms with van der Waals surface area (Å²) < 4.78 is 7.29. The molecule has 0 aliphatic carbocycles. The molecule has 0 saturated heterocycles.